The summed E-state index contributed by atoms with van der Waals surface area (Å²) in [7, 11) is 0. The molecule has 0 aromatic rings. The van der Waals surface area contributed by atoms with Crippen molar-refractivity contribution >= 4 is 64.1 Å². The first-order valence-corrected chi connectivity index (χ1v) is 13.1. The van der Waals surface area contributed by atoms with E-state index in [1.807, 2.05) is 0 Å². The summed E-state index contributed by atoms with van der Waals surface area (Å²) in [5.41, 5.74) is 2.61. The van der Waals surface area contributed by atoms with Crippen molar-refractivity contribution in [3.8, 4) is 5.40 Å². The van der Waals surface area contributed by atoms with Crippen molar-refractivity contribution in [1.82, 2.24) is 10.8 Å². The Morgan fingerprint density at radius 3 is 2.21 bits per heavy atom. The second kappa shape index (κ2) is 20.4. The number of carbonyl (C=O) groups is 4. The average Bonchev–Trinajstić information content (AvgIpc) is 3.73. The van der Waals surface area contributed by atoms with Crippen LogP contribution >= 0.6 is 35.1 Å². The smallest absolute Gasteiger partial charge is 0.321 e. The van der Waals surface area contributed by atoms with Gasteiger partial charge in [-0.2, -0.15) is 10.7 Å². The van der Waals surface area contributed by atoms with Crippen molar-refractivity contribution in [2.45, 2.75) is 58.5 Å². The van der Waals surface area contributed by atoms with Gasteiger partial charge in [0.05, 0.1) is 25.0 Å². The number of hydrogen-bond acceptors (Lipinski definition) is 12. The highest BCUT2D eigenvalue weighted by Crippen LogP contribution is 2.25. The van der Waals surface area contributed by atoms with Crippen molar-refractivity contribution in [2.75, 3.05) is 30.6 Å². The molecule has 0 unspecified atom stereocenters. The summed E-state index contributed by atoms with van der Waals surface area (Å²) >= 11 is 7.45. The van der Waals surface area contributed by atoms with Crippen molar-refractivity contribution in [2.24, 2.45) is 4.99 Å². The second-order valence-corrected chi connectivity index (χ2v) is 8.60. The molecule has 0 atom stereocenters. The number of esters is 2. The van der Waals surface area contributed by atoms with E-state index < -0.39 is 0 Å². The number of carbonyl (C=O) groups excluding carboxylic acids is 4. The highest BCUT2D eigenvalue weighted by Gasteiger charge is 2.24. The zero-order valence-corrected chi connectivity index (χ0v) is 21.9. The van der Waals surface area contributed by atoms with Gasteiger partial charge in [0.25, 0.3) is 0 Å². The van der Waals surface area contributed by atoms with Crippen LogP contribution in [0.4, 0.5) is 0 Å². The van der Waals surface area contributed by atoms with E-state index in [-0.39, 0.29) is 35.4 Å². The molecule has 192 valence electrons. The number of hydroxylamine groups is 1. The fourth-order valence-corrected chi connectivity index (χ4v) is 2.72. The summed E-state index contributed by atoms with van der Waals surface area (Å²) in [5, 5.41) is 13.3. The summed E-state index contributed by atoms with van der Waals surface area (Å²) in [6.45, 7) is 5.64. The molecule has 3 rings (SSSR count). The monoisotopic (exact) mass is 538 g/mol. The third kappa shape index (κ3) is 21.8. The lowest BCUT2D eigenvalue weighted by atomic mass is 10.7. The maximum Gasteiger partial charge on any atom is 0.321 e. The van der Waals surface area contributed by atoms with Crippen LogP contribution in [-0.2, 0) is 33.5 Å². The van der Waals surface area contributed by atoms with Crippen LogP contribution < -0.4 is 10.8 Å². The number of nitrogens with zero attached hydrogens (tertiary/aromatic N) is 2. The van der Waals surface area contributed by atoms with Gasteiger partial charge < -0.3 is 19.6 Å². The number of thioether (sulfide) groups is 2. The third-order valence-corrected chi connectivity index (χ3v) is 4.97. The van der Waals surface area contributed by atoms with E-state index in [1.54, 1.807) is 19.2 Å². The molecule has 1 amide bonds. The van der Waals surface area contributed by atoms with Crippen LogP contribution in [0.2, 0.25) is 0 Å². The van der Waals surface area contributed by atoms with Gasteiger partial charge in [0.15, 0.2) is 5.17 Å². The molecule has 0 spiro atoms. The Morgan fingerprint density at radius 1 is 1.21 bits per heavy atom. The van der Waals surface area contributed by atoms with Gasteiger partial charge in [-0.15, -0.1) is 11.6 Å². The molecular weight excluding hydrogens is 508 g/mol. The first-order valence-electron chi connectivity index (χ1n) is 10.6. The van der Waals surface area contributed by atoms with Crippen LogP contribution in [0.25, 0.3) is 0 Å². The maximum absolute atomic E-state index is 10.6. The molecule has 1 heterocycles. The van der Waals surface area contributed by atoms with Gasteiger partial charge in [-0.1, -0.05) is 11.8 Å². The standard InChI is InChI=1S/C6H8N2OS.C5H7NO2S.C5H9NO2.C4H7ClO2/c9-5-3-10-6(8-5)7-4-1-2-4;1-2-8-5(7)3-9-4-6;1-4(7)8-6-5-2-3-5;1-2-7-4(6)3-5/h4H,1-3H2,(H,7,8,9);2-3H2,1H3;5-6H,2-3H2,1H3;2-3H2,1H3. The molecule has 0 aromatic carbocycles. The Labute approximate surface area is 213 Å². The van der Waals surface area contributed by atoms with Crippen LogP contribution in [0, 0.1) is 10.7 Å². The number of thiocyanates is 1. The average molecular weight is 539 g/mol. The van der Waals surface area contributed by atoms with Crippen LogP contribution in [0.15, 0.2) is 4.99 Å². The minimum Gasteiger partial charge on any atom is -0.465 e. The Kier molecular flexibility index (Phi) is 19.2. The fourth-order valence-electron chi connectivity index (χ4n) is 1.63. The van der Waals surface area contributed by atoms with Crippen molar-refractivity contribution in [3.05, 3.63) is 0 Å². The molecule has 1 aliphatic heterocycles. The largest absolute Gasteiger partial charge is 0.465 e. The molecule has 0 aromatic heterocycles. The molecule has 1 saturated heterocycles. The molecule has 2 saturated carbocycles. The molecular formula is C20H31ClN4O7S2. The number of hydrogen-bond donors (Lipinski definition) is 2. The van der Waals surface area contributed by atoms with E-state index in [2.05, 4.69) is 30.1 Å². The lowest BCUT2D eigenvalue weighted by molar-refractivity contribution is -0.148. The van der Waals surface area contributed by atoms with E-state index in [1.165, 1.54) is 31.5 Å². The summed E-state index contributed by atoms with van der Waals surface area (Å²) in [5.74, 6) is -0.237. The number of nitriles is 1. The zero-order chi connectivity index (χ0) is 25.8. The van der Waals surface area contributed by atoms with Gasteiger partial charge in [-0.25, -0.2) is 0 Å². The lowest BCUT2D eigenvalue weighted by Gasteiger charge is -1.97. The van der Waals surface area contributed by atoms with Gasteiger partial charge in [0.1, 0.15) is 17.0 Å². The summed E-state index contributed by atoms with van der Waals surface area (Å²) in [6, 6.07) is 0.958. The fraction of sp³-hybridized carbons (Fsp3) is 0.700. The maximum atomic E-state index is 10.6. The number of ether oxygens (including phenoxy) is 2. The number of rotatable bonds is 8. The summed E-state index contributed by atoms with van der Waals surface area (Å²) < 4.78 is 8.95. The number of halogens is 1. The minimum atomic E-state index is -0.357. The molecule has 11 nitrogen and oxygen atoms in total. The molecule has 0 bridgehead atoms. The highest BCUT2D eigenvalue weighted by molar-refractivity contribution is 8.15. The topological polar surface area (TPSA) is 156 Å². The van der Waals surface area contributed by atoms with Crippen LogP contribution in [0.3, 0.4) is 0 Å². The first-order chi connectivity index (χ1) is 16.2. The summed E-state index contributed by atoms with van der Waals surface area (Å²) in [4.78, 5) is 50.0. The number of aliphatic imine (C=N–C) groups is 1. The van der Waals surface area contributed by atoms with Crippen molar-refractivity contribution < 1.29 is 33.5 Å². The highest BCUT2D eigenvalue weighted by atomic mass is 35.5. The molecule has 14 heteroatoms. The van der Waals surface area contributed by atoms with E-state index in [4.69, 9.17) is 16.9 Å². The SMILES string of the molecule is CC(=O)ONC1CC1.CCOC(=O)CCl.CCOC(=O)CSC#N.O=C1CSC(=NC2CC2)N1. The van der Waals surface area contributed by atoms with Crippen LogP contribution in [-0.4, -0.2) is 71.7 Å². The summed E-state index contributed by atoms with van der Waals surface area (Å²) in [6.07, 6.45) is 4.65. The van der Waals surface area contributed by atoms with E-state index in [0.717, 1.165) is 29.8 Å². The van der Waals surface area contributed by atoms with Crippen LogP contribution in [0.5, 0.6) is 0 Å². The Morgan fingerprint density at radius 2 is 1.82 bits per heavy atom. The zero-order valence-electron chi connectivity index (χ0n) is 19.5. The Bertz CT molecular complexity index is 726. The Balaban J connectivity index is 0.000000432. The quantitative estimate of drug-likeness (QED) is 0.153. The number of amidine groups is 1. The van der Waals surface area contributed by atoms with Gasteiger partial charge in [-0.05, 0) is 51.3 Å². The molecule has 0 radical (unpaired) electrons. The molecule has 2 N–H and O–H groups in total. The van der Waals surface area contributed by atoms with Crippen molar-refractivity contribution in [3.63, 3.8) is 0 Å². The van der Waals surface area contributed by atoms with Crippen molar-refractivity contribution in [1.29, 1.82) is 5.26 Å². The lowest BCUT2D eigenvalue weighted by Crippen LogP contribution is -2.20. The molecule has 3 aliphatic rings. The van der Waals surface area contributed by atoms with Gasteiger partial charge in [0, 0.05) is 13.0 Å². The van der Waals surface area contributed by atoms with E-state index >= 15 is 0 Å². The predicted molar refractivity (Wildman–Crippen MR) is 131 cm³/mol. The van der Waals surface area contributed by atoms with Gasteiger partial charge in [-0.3, -0.25) is 24.2 Å². The first kappa shape index (κ1) is 32.0. The molecule has 34 heavy (non-hydrogen) atoms. The van der Waals surface area contributed by atoms with Gasteiger partial charge >= 0.3 is 17.9 Å². The second-order valence-electron chi connectivity index (χ2n) is 6.61. The predicted octanol–water partition coefficient (Wildman–Crippen LogP) is 2.14. The normalized spacial score (nSPS) is 16.7. The minimum absolute atomic E-state index is 0.0478. The Hall–Kier alpha value is -2.01. The van der Waals surface area contributed by atoms with Crippen LogP contribution in [0.1, 0.15) is 46.5 Å². The van der Waals surface area contributed by atoms with E-state index in [9.17, 15) is 19.2 Å². The molecule has 2 aliphatic carbocycles. The number of nitrogens with one attached hydrogen (secondary N) is 2. The number of alkyl halides is 1. The number of amides is 1. The third-order valence-electron chi connectivity index (χ3n) is 3.35. The van der Waals surface area contributed by atoms with E-state index in [0.29, 0.717) is 31.1 Å². The van der Waals surface area contributed by atoms with Gasteiger partial charge in [0.2, 0.25) is 5.91 Å². The molecule has 3 fully saturated rings.